The molecule has 1 atom stereocenters. The summed E-state index contributed by atoms with van der Waals surface area (Å²) in [7, 11) is 3.75. The van der Waals surface area contributed by atoms with Crippen molar-refractivity contribution in [3.8, 4) is 5.75 Å². The Morgan fingerprint density at radius 2 is 2.33 bits per heavy atom. The van der Waals surface area contributed by atoms with Crippen molar-refractivity contribution >= 4 is 5.69 Å². The van der Waals surface area contributed by atoms with Crippen LogP contribution in [-0.2, 0) is 11.3 Å². The summed E-state index contributed by atoms with van der Waals surface area (Å²) in [4.78, 5) is 6.90. The smallest absolute Gasteiger partial charge is 0.124 e. The van der Waals surface area contributed by atoms with E-state index in [1.807, 2.05) is 12.1 Å². The van der Waals surface area contributed by atoms with Gasteiger partial charge in [-0.05, 0) is 12.1 Å². The first-order valence-corrected chi connectivity index (χ1v) is 4.98. The highest BCUT2D eigenvalue weighted by Gasteiger charge is 2.28. The molecule has 1 heterocycles. The van der Waals surface area contributed by atoms with Gasteiger partial charge in [-0.15, -0.1) is 0 Å². The van der Waals surface area contributed by atoms with Crippen LogP contribution in [-0.4, -0.2) is 26.8 Å². The Morgan fingerprint density at radius 1 is 1.53 bits per heavy atom. The summed E-state index contributed by atoms with van der Waals surface area (Å²) in [6, 6.07) is 6.38. The maximum atomic E-state index is 5.33. The number of nitrogens with zero attached hydrogens (tertiary/aromatic N) is 1. The largest absolute Gasteiger partial charge is 0.496 e. The zero-order valence-corrected chi connectivity index (χ0v) is 9.06. The molecular weight excluding hydrogens is 192 g/mol. The van der Waals surface area contributed by atoms with Crippen molar-refractivity contribution in [2.45, 2.75) is 12.5 Å². The molecule has 0 fully saturated rings. The molecule has 0 radical (unpaired) electrons. The summed E-state index contributed by atoms with van der Waals surface area (Å²) in [5, 5.41) is 0. The van der Waals surface area contributed by atoms with E-state index in [1.54, 1.807) is 7.11 Å². The zero-order chi connectivity index (χ0) is 10.8. The van der Waals surface area contributed by atoms with Crippen molar-refractivity contribution in [1.82, 2.24) is 0 Å². The number of anilines is 1. The quantitative estimate of drug-likeness (QED) is 0.751. The number of hydrogen-bond donors (Lipinski definition) is 1. The second-order valence-electron chi connectivity index (χ2n) is 3.76. The van der Waals surface area contributed by atoms with Gasteiger partial charge in [0.15, 0.2) is 0 Å². The number of nitrogens with two attached hydrogens (primary N) is 1. The third kappa shape index (κ3) is 1.66. The number of fused-ring (bicyclic) bond motifs is 1. The van der Waals surface area contributed by atoms with Crippen LogP contribution in [0.2, 0.25) is 0 Å². The monoisotopic (exact) mass is 208 g/mol. The van der Waals surface area contributed by atoms with Gasteiger partial charge in [-0.2, -0.15) is 0 Å². The SMILES string of the molecule is COc1cccc2c1CC(CON)N2C. The van der Waals surface area contributed by atoms with E-state index in [0.717, 1.165) is 12.2 Å². The summed E-state index contributed by atoms with van der Waals surface area (Å²) < 4.78 is 5.33. The average Bonchev–Trinajstić information content (AvgIpc) is 2.57. The van der Waals surface area contributed by atoms with Crippen LogP contribution in [0, 0.1) is 0 Å². The molecule has 2 N–H and O–H groups in total. The molecule has 4 heteroatoms. The van der Waals surface area contributed by atoms with Gasteiger partial charge in [0.05, 0.1) is 19.8 Å². The van der Waals surface area contributed by atoms with E-state index >= 15 is 0 Å². The molecule has 0 saturated carbocycles. The first-order chi connectivity index (χ1) is 7.27. The Morgan fingerprint density at radius 3 is 3.00 bits per heavy atom. The van der Waals surface area contributed by atoms with E-state index in [4.69, 9.17) is 15.5 Å². The van der Waals surface area contributed by atoms with Gasteiger partial charge < -0.3 is 14.5 Å². The minimum absolute atomic E-state index is 0.307. The molecule has 0 aromatic heterocycles. The first kappa shape index (κ1) is 10.3. The van der Waals surface area contributed by atoms with E-state index < -0.39 is 0 Å². The average molecular weight is 208 g/mol. The fourth-order valence-corrected chi connectivity index (χ4v) is 2.13. The Labute approximate surface area is 89.5 Å². The van der Waals surface area contributed by atoms with Crippen LogP contribution >= 0.6 is 0 Å². The van der Waals surface area contributed by atoms with Gasteiger partial charge in [0, 0.05) is 24.7 Å². The standard InChI is InChI=1S/C11H16N2O2/c1-13-8(7-15-12)6-9-10(13)4-3-5-11(9)14-2/h3-5,8H,6-7,12H2,1-2H3. The number of benzene rings is 1. The lowest BCUT2D eigenvalue weighted by Crippen LogP contribution is -2.33. The molecule has 0 aliphatic carbocycles. The molecule has 1 aliphatic rings. The van der Waals surface area contributed by atoms with Crippen molar-refractivity contribution in [3.05, 3.63) is 23.8 Å². The van der Waals surface area contributed by atoms with Gasteiger partial charge in [0.1, 0.15) is 5.75 Å². The Hall–Kier alpha value is -1.26. The lowest BCUT2D eigenvalue weighted by molar-refractivity contribution is 0.124. The van der Waals surface area contributed by atoms with Gasteiger partial charge >= 0.3 is 0 Å². The third-order valence-corrected chi connectivity index (χ3v) is 2.98. The Balaban J connectivity index is 2.31. The molecule has 1 aromatic rings. The van der Waals surface area contributed by atoms with E-state index in [0.29, 0.717) is 12.6 Å². The zero-order valence-electron chi connectivity index (χ0n) is 9.06. The van der Waals surface area contributed by atoms with Gasteiger partial charge in [-0.3, -0.25) is 0 Å². The summed E-state index contributed by atoms with van der Waals surface area (Å²) in [6.45, 7) is 0.536. The van der Waals surface area contributed by atoms with E-state index in [-0.39, 0.29) is 0 Å². The van der Waals surface area contributed by atoms with Crippen molar-refractivity contribution < 1.29 is 9.57 Å². The summed E-state index contributed by atoms with van der Waals surface area (Å²) in [5.74, 6) is 6.06. The maximum absolute atomic E-state index is 5.33. The fourth-order valence-electron chi connectivity index (χ4n) is 2.13. The molecule has 0 bridgehead atoms. The predicted molar refractivity (Wildman–Crippen MR) is 59.0 cm³/mol. The van der Waals surface area contributed by atoms with Crippen LogP contribution in [0.5, 0.6) is 5.75 Å². The highest BCUT2D eigenvalue weighted by Crippen LogP contribution is 2.36. The van der Waals surface area contributed by atoms with Crippen molar-refractivity contribution in [1.29, 1.82) is 0 Å². The highest BCUT2D eigenvalue weighted by atomic mass is 16.6. The molecule has 15 heavy (non-hydrogen) atoms. The van der Waals surface area contributed by atoms with Crippen molar-refractivity contribution in [2.75, 3.05) is 25.7 Å². The van der Waals surface area contributed by atoms with E-state index in [9.17, 15) is 0 Å². The number of ether oxygens (including phenoxy) is 1. The summed E-state index contributed by atoms with van der Waals surface area (Å²) in [5.41, 5.74) is 2.45. The topological polar surface area (TPSA) is 47.7 Å². The van der Waals surface area contributed by atoms with Crippen molar-refractivity contribution in [2.24, 2.45) is 5.90 Å². The van der Waals surface area contributed by atoms with Gasteiger partial charge in [-0.1, -0.05) is 6.07 Å². The van der Waals surface area contributed by atoms with Crippen LogP contribution in [0.25, 0.3) is 0 Å². The first-order valence-electron chi connectivity index (χ1n) is 4.98. The molecular formula is C11H16N2O2. The molecule has 1 unspecified atom stereocenters. The summed E-state index contributed by atoms with van der Waals surface area (Å²) >= 11 is 0. The molecule has 4 nitrogen and oxygen atoms in total. The number of hydrogen-bond acceptors (Lipinski definition) is 4. The fraction of sp³-hybridized carbons (Fsp3) is 0.455. The lowest BCUT2D eigenvalue weighted by Gasteiger charge is -2.21. The summed E-state index contributed by atoms with van der Waals surface area (Å²) in [6.07, 6.45) is 0.924. The Kier molecular flexibility index (Phi) is 2.79. The van der Waals surface area contributed by atoms with Crippen LogP contribution in [0.1, 0.15) is 5.56 Å². The van der Waals surface area contributed by atoms with E-state index in [1.165, 1.54) is 11.3 Å². The van der Waals surface area contributed by atoms with Crippen LogP contribution in [0.4, 0.5) is 5.69 Å². The molecule has 1 aromatic carbocycles. The molecule has 1 aliphatic heterocycles. The predicted octanol–water partition coefficient (Wildman–Crippen LogP) is 0.946. The van der Waals surface area contributed by atoms with Gasteiger partial charge in [0.2, 0.25) is 0 Å². The molecule has 0 spiro atoms. The second kappa shape index (κ2) is 4.08. The van der Waals surface area contributed by atoms with Gasteiger partial charge in [0.25, 0.3) is 0 Å². The normalized spacial score (nSPS) is 19.1. The lowest BCUT2D eigenvalue weighted by atomic mass is 10.1. The number of likely N-dealkylation sites (N-methyl/N-ethyl adjacent to an activating group) is 1. The van der Waals surface area contributed by atoms with Crippen LogP contribution in [0.3, 0.4) is 0 Å². The maximum Gasteiger partial charge on any atom is 0.124 e. The minimum Gasteiger partial charge on any atom is -0.496 e. The van der Waals surface area contributed by atoms with Crippen LogP contribution < -0.4 is 15.5 Å². The Bertz CT molecular complexity index is 354. The van der Waals surface area contributed by atoms with Gasteiger partial charge in [-0.25, -0.2) is 5.90 Å². The number of methoxy groups -OCH3 is 1. The second-order valence-corrected chi connectivity index (χ2v) is 3.76. The molecule has 2 rings (SSSR count). The van der Waals surface area contributed by atoms with E-state index in [2.05, 4.69) is 18.0 Å². The highest BCUT2D eigenvalue weighted by molar-refractivity contribution is 5.64. The minimum atomic E-state index is 0.307. The van der Waals surface area contributed by atoms with Crippen molar-refractivity contribution in [3.63, 3.8) is 0 Å². The molecule has 0 amide bonds. The van der Waals surface area contributed by atoms with Crippen LogP contribution in [0.15, 0.2) is 18.2 Å². The molecule has 0 saturated heterocycles. The third-order valence-electron chi connectivity index (χ3n) is 2.98. The molecule has 82 valence electrons. The number of rotatable bonds is 3.